The summed E-state index contributed by atoms with van der Waals surface area (Å²) in [6.07, 6.45) is 11.8. The summed E-state index contributed by atoms with van der Waals surface area (Å²) in [5, 5.41) is 15.1. The Kier molecular flexibility index (Phi) is 5.02. The van der Waals surface area contributed by atoms with E-state index in [0.717, 1.165) is 18.5 Å². The fourth-order valence-corrected chi connectivity index (χ4v) is 1.50. The molecule has 0 spiro atoms. The molecule has 0 saturated heterocycles. The van der Waals surface area contributed by atoms with E-state index in [4.69, 9.17) is 11.5 Å². The van der Waals surface area contributed by atoms with Gasteiger partial charge >= 0.3 is 5.97 Å². The van der Waals surface area contributed by atoms with Crippen LogP contribution < -0.4 is 0 Å². The molecule has 4 heteroatoms. The summed E-state index contributed by atoms with van der Waals surface area (Å²) >= 11 is 0. The molecule has 0 amide bonds. The topological polar surface area (TPSA) is 66.0 Å². The van der Waals surface area contributed by atoms with E-state index in [2.05, 4.69) is 16.1 Å². The van der Waals surface area contributed by atoms with E-state index in [1.807, 2.05) is 19.1 Å². The second-order valence-corrected chi connectivity index (χ2v) is 3.79. The minimum absolute atomic E-state index is 0.0470. The number of hydrogen-bond acceptors (Lipinski definition) is 2. The summed E-state index contributed by atoms with van der Waals surface area (Å²) in [5.41, 5.74) is 0.855. The Morgan fingerprint density at radius 3 is 3.06 bits per heavy atom. The number of allylic oxidation sites excluding steroid dienone is 2. The molecule has 0 saturated carbocycles. The number of nitrogens with one attached hydrogen (secondary N) is 1. The third-order valence-corrected chi connectivity index (χ3v) is 2.50. The molecule has 0 aliphatic heterocycles. The Balaban J connectivity index is 2.48. The first-order valence-corrected chi connectivity index (χ1v) is 5.52. The van der Waals surface area contributed by atoms with Crippen molar-refractivity contribution in [1.82, 2.24) is 10.2 Å². The van der Waals surface area contributed by atoms with Crippen LogP contribution in [-0.2, 0) is 6.42 Å². The van der Waals surface area contributed by atoms with E-state index in [1.165, 1.54) is 0 Å². The minimum atomic E-state index is -1.02. The van der Waals surface area contributed by atoms with Crippen LogP contribution in [0.3, 0.4) is 0 Å². The van der Waals surface area contributed by atoms with Crippen LogP contribution in [-0.4, -0.2) is 21.3 Å². The smallest absolute Gasteiger partial charge is 0.356 e. The van der Waals surface area contributed by atoms with Crippen molar-refractivity contribution in [3.8, 4) is 12.3 Å². The first-order chi connectivity index (χ1) is 8.17. The number of carbonyl (C=O) groups is 1. The van der Waals surface area contributed by atoms with Crippen molar-refractivity contribution in [3.05, 3.63) is 29.6 Å². The summed E-state index contributed by atoms with van der Waals surface area (Å²) in [6.45, 7) is 1.96. The Bertz CT molecular complexity index is 441. The first-order valence-electron chi connectivity index (χ1n) is 5.52. The standard InChI is InChI=1S/C13H16N2O2/c1-3-5-6-10(4-2)7-8-11-9-12(13(16)17)15-14-11/h2-3,5,9-10H,6-8H2,1H3,(H,14,15)(H,16,17)/b5-3-. The molecule has 1 heterocycles. The van der Waals surface area contributed by atoms with Crippen molar-refractivity contribution >= 4 is 5.97 Å². The van der Waals surface area contributed by atoms with Gasteiger partial charge in [-0.1, -0.05) is 12.2 Å². The van der Waals surface area contributed by atoms with Crippen LogP contribution in [0, 0.1) is 18.3 Å². The zero-order chi connectivity index (χ0) is 12.7. The highest BCUT2D eigenvalue weighted by molar-refractivity contribution is 5.85. The van der Waals surface area contributed by atoms with Crippen LogP contribution in [0.25, 0.3) is 0 Å². The van der Waals surface area contributed by atoms with E-state index < -0.39 is 5.97 Å². The van der Waals surface area contributed by atoms with E-state index >= 15 is 0 Å². The van der Waals surface area contributed by atoms with Crippen LogP contribution in [0.5, 0.6) is 0 Å². The number of aromatic nitrogens is 2. The molecule has 0 aliphatic rings. The summed E-state index contributed by atoms with van der Waals surface area (Å²) in [4.78, 5) is 10.6. The molecular weight excluding hydrogens is 216 g/mol. The third kappa shape index (κ3) is 4.15. The third-order valence-electron chi connectivity index (χ3n) is 2.50. The second-order valence-electron chi connectivity index (χ2n) is 3.79. The Labute approximate surface area is 101 Å². The minimum Gasteiger partial charge on any atom is -0.476 e. The van der Waals surface area contributed by atoms with Crippen molar-refractivity contribution < 1.29 is 9.90 Å². The zero-order valence-electron chi connectivity index (χ0n) is 9.81. The normalized spacial score (nSPS) is 12.5. The lowest BCUT2D eigenvalue weighted by Crippen LogP contribution is -1.98. The van der Waals surface area contributed by atoms with Gasteiger partial charge in [0.1, 0.15) is 0 Å². The highest BCUT2D eigenvalue weighted by atomic mass is 16.4. The van der Waals surface area contributed by atoms with Gasteiger partial charge in [0.15, 0.2) is 5.69 Å². The molecule has 1 aromatic heterocycles. The van der Waals surface area contributed by atoms with Crippen LogP contribution in [0.2, 0.25) is 0 Å². The van der Waals surface area contributed by atoms with E-state index in [0.29, 0.717) is 6.42 Å². The summed E-state index contributed by atoms with van der Waals surface area (Å²) in [5.74, 6) is 1.90. The van der Waals surface area contributed by atoms with Gasteiger partial charge < -0.3 is 5.11 Å². The number of hydrogen-bond donors (Lipinski definition) is 2. The Morgan fingerprint density at radius 1 is 1.76 bits per heavy atom. The zero-order valence-corrected chi connectivity index (χ0v) is 9.81. The highest BCUT2D eigenvalue weighted by Gasteiger charge is 2.09. The molecule has 90 valence electrons. The number of carboxylic acid groups (broad SMARTS) is 1. The predicted octanol–water partition coefficient (Wildman–Crippen LogP) is 2.26. The van der Waals surface area contributed by atoms with Crippen LogP contribution >= 0.6 is 0 Å². The van der Waals surface area contributed by atoms with E-state index in [-0.39, 0.29) is 11.6 Å². The predicted molar refractivity (Wildman–Crippen MR) is 65.6 cm³/mol. The molecule has 4 nitrogen and oxygen atoms in total. The molecule has 1 aromatic rings. The fraction of sp³-hybridized carbons (Fsp3) is 0.385. The monoisotopic (exact) mass is 232 g/mol. The molecule has 17 heavy (non-hydrogen) atoms. The largest absolute Gasteiger partial charge is 0.476 e. The maximum atomic E-state index is 10.6. The number of terminal acetylenes is 1. The van der Waals surface area contributed by atoms with Gasteiger partial charge in [0.05, 0.1) is 0 Å². The molecule has 0 radical (unpaired) electrons. The van der Waals surface area contributed by atoms with Gasteiger partial charge in [0, 0.05) is 11.6 Å². The number of nitrogens with zero attached hydrogens (tertiary/aromatic N) is 1. The Hall–Kier alpha value is -2.02. The van der Waals surface area contributed by atoms with Gasteiger partial charge in [-0.25, -0.2) is 4.79 Å². The van der Waals surface area contributed by atoms with Gasteiger partial charge in [-0.2, -0.15) is 5.10 Å². The first kappa shape index (κ1) is 13.0. The number of H-pyrrole nitrogens is 1. The van der Waals surface area contributed by atoms with Gasteiger partial charge in [-0.05, 0) is 32.3 Å². The average Bonchev–Trinajstić information content (AvgIpc) is 2.78. The van der Waals surface area contributed by atoms with Crippen molar-refractivity contribution in [2.75, 3.05) is 0 Å². The van der Waals surface area contributed by atoms with Crippen molar-refractivity contribution in [2.45, 2.75) is 26.2 Å². The van der Waals surface area contributed by atoms with Crippen molar-refractivity contribution in [1.29, 1.82) is 0 Å². The van der Waals surface area contributed by atoms with E-state index in [9.17, 15) is 4.79 Å². The molecule has 2 N–H and O–H groups in total. The number of rotatable bonds is 6. The fourth-order valence-electron chi connectivity index (χ4n) is 1.50. The summed E-state index contributed by atoms with van der Waals surface area (Å²) in [6, 6.07) is 1.55. The molecule has 1 unspecified atom stereocenters. The van der Waals surface area contributed by atoms with E-state index in [1.54, 1.807) is 6.07 Å². The second kappa shape index (κ2) is 6.54. The molecule has 0 fully saturated rings. The highest BCUT2D eigenvalue weighted by Crippen LogP contribution is 2.12. The SMILES string of the molecule is C#CC(C/C=C\C)CCc1cc(C(=O)O)n[nH]1. The maximum Gasteiger partial charge on any atom is 0.356 e. The van der Waals surface area contributed by atoms with Gasteiger partial charge in [0.25, 0.3) is 0 Å². The molecular formula is C13H16N2O2. The summed E-state index contributed by atoms with van der Waals surface area (Å²) in [7, 11) is 0. The van der Waals surface area contributed by atoms with Crippen molar-refractivity contribution in [3.63, 3.8) is 0 Å². The van der Waals surface area contributed by atoms with Crippen LogP contribution in [0.15, 0.2) is 18.2 Å². The molecule has 0 bridgehead atoms. The number of aromatic amines is 1. The number of aromatic carboxylic acids is 1. The lowest BCUT2D eigenvalue weighted by molar-refractivity contribution is 0.0690. The van der Waals surface area contributed by atoms with Gasteiger partial charge in [-0.15, -0.1) is 12.3 Å². The lowest BCUT2D eigenvalue weighted by Gasteiger charge is -2.05. The number of carboxylic acids is 1. The number of aryl methyl sites for hydroxylation is 1. The van der Waals surface area contributed by atoms with Crippen molar-refractivity contribution in [2.24, 2.45) is 5.92 Å². The molecule has 0 aromatic carbocycles. The van der Waals surface area contributed by atoms with Crippen LogP contribution in [0.4, 0.5) is 0 Å². The molecule has 1 atom stereocenters. The quantitative estimate of drug-likeness (QED) is 0.584. The molecule has 0 aliphatic carbocycles. The Morgan fingerprint density at radius 2 is 2.53 bits per heavy atom. The average molecular weight is 232 g/mol. The summed E-state index contributed by atoms with van der Waals surface area (Å²) < 4.78 is 0. The van der Waals surface area contributed by atoms with Gasteiger partial charge in [0.2, 0.25) is 0 Å². The van der Waals surface area contributed by atoms with Gasteiger partial charge in [-0.3, -0.25) is 5.10 Å². The molecule has 1 rings (SSSR count). The lowest BCUT2D eigenvalue weighted by atomic mass is 9.99. The van der Waals surface area contributed by atoms with Crippen LogP contribution in [0.1, 0.15) is 35.9 Å². The maximum absolute atomic E-state index is 10.6.